The smallest absolute Gasteiger partial charge is 0.239 e. The summed E-state index contributed by atoms with van der Waals surface area (Å²) >= 11 is 2.84. The van der Waals surface area contributed by atoms with Gasteiger partial charge in [-0.25, -0.2) is 4.98 Å². The fourth-order valence-electron chi connectivity index (χ4n) is 3.20. The number of hydrogen-bond donors (Lipinski definition) is 1. The molecule has 0 spiro atoms. The van der Waals surface area contributed by atoms with Crippen LogP contribution in [0.4, 0.5) is 5.13 Å². The predicted molar refractivity (Wildman–Crippen MR) is 123 cm³/mol. The van der Waals surface area contributed by atoms with E-state index in [0.717, 1.165) is 40.6 Å². The molecular weight excluding hydrogens is 428 g/mol. The lowest BCUT2D eigenvalue weighted by Gasteiger charge is -2.12. The van der Waals surface area contributed by atoms with Crippen LogP contribution in [0.2, 0.25) is 0 Å². The zero-order chi connectivity index (χ0) is 21.2. The van der Waals surface area contributed by atoms with Crippen molar-refractivity contribution in [3.63, 3.8) is 0 Å². The van der Waals surface area contributed by atoms with Gasteiger partial charge in [-0.2, -0.15) is 0 Å². The van der Waals surface area contributed by atoms with Crippen molar-refractivity contribution in [2.45, 2.75) is 36.2 Å². The van der Waals surface area contributed by atoms with E-state index in [4.69, 9.17) is 0 Å². The number of thioether (sulfide) groups is 1. The van der Waals surface area contributed by atoms with Gasteiger partial charge in [0.05, 0.1) is 10.9 Å². The van der Waals surface area contributed by atoms with E-state index >= 15 is 0 Å². The first-order valence-corrected chi connectivity index (χ1v) is 11.8. The summed E-state index contributed by atoms with van der Waals surface area (Å²) in [5.74, 6) is 0.699. The van der Waals surface area contributed by atoms with Crippen LogP contribution in [0, 0.1) is 0 Å². The maximum atomic E-state index is 12.8. The van der Waals surface area contributed by atoms with Gasteiger partial charge in [-0.05, 0) is 31.9 Å². The lowest BCUT2D eigenvalue weighted by Crippen LogP contribution is -2.22. The molecule has 1 saturated carbocycles. The third-order valence-electron chi connectivity index (χ3n) is 4.95. The van der Waals surface area contributed by atoms with Crippen molar-refractivity contribution in [1.82, 2.24) is 24.7 Å². The van der Waals surface area contributed by atoms with E-state index in [1.165, 1.54) is 23.1 Å². The molecule has 0 bridgehead atoms. The molecule has 31 heavy (non-hydrogen) atoms. The molecule has 3 aromatic heterocycles. The van der Waals surface area contributed by atoms with Crippen LogP contribution in [0.1, 0.15) is 25.8 Å². The number of benzene rings is 1. The zero-order valence-electron chi connectivity index (χ0n) is 16.8. The molecule has 1 aliphatic rings. The summed E-state index contributed by atoms with van der Waals surface area (Å²) in [5.41, 5.74) is 2.82. The maximum Gasteiger partial charge on any atom is 0.239 e. The number of carbonyl (C=O) groups excluding carboxylic acids is 1. The average Bonchev–Trinajstić information content (AvgIpc) is 3.39. The van der Waals surface area contributed by atoms with Crippen LogP contribution in [0.15, 0.2) is 65.4 Å². The van der Waals surface area contributed by atoms with Crippen molar-refractivity contribution in [2.24, 2.45) is 0 Å². The number of nitrogens with one attached hydrogen (secondary N) is 1. The summed E-state index contributed by atoms with van der Waals surface area (Å²) in [5, 5.41) is 14.7. The van der Waals surface area contributed by atoms with Gasteiger partial charge in [0.15, 0.2) is 16.1 Å². The van der Waals surface area contributed by atoms with Crippen LogP contribution in [0.25, 0.3) is 22.6 Å². The summed E-state index contributed by atoms with van der Waals surface area (Å²) in [6, 6.07) is 14.2. The fourth-order valence-corrected chi connectivity index (χ4v) is 4.84. The van der Waals surface area contributed by atoms with Gasteiger partial charge in [-0.15, -0.1) is 21.5 Å². The first-order valence-electron chi connectivity index (χ1n) is 10.0. The Morgan fingerprint density at radius 1 is 1.16 bits per heavy atom. The first-order chi connectivity index (χ1) is 15.2. The average molecular weight is 449 g/mol. The summed E-state index contributed by atoms with van der Waals surface area (Å²) in [6.45, 7) is 1.88. The first kappa shape index (κ1) is 19.9. The SMILES string of the molecule is CC(Sc1nnc(-c2cccnc2)n1C1CC1)C(=O)Nc1nc(-c2ccccc2)cs1. The Bertz CT molecular complexity index is 1190. The van der Waals surface area contributed by atoms with E-state index in [0.29, 0.717) is 11.2 Å². The quantitative estimate of drug-likeness (QED) is 0.404. The van der Waals surface area contributed by atoms with Gasteiger partial charge in [-0.3, -0.25) is 14.3 Å². The predicted octanol–water partition coefficient (Wildman–Crippen LogP) is 4.92. The lowest BCUT2D eigenvalue weighted by atomic mass is 10.2. The van der Waals surface area contributed by atoms with Crippen LogP contribution in [-0.2, 0) is 4.79 Å². The minimum Gasteiger partial charge on any atom is -0.301 e. The van der Waals surface area contributed by atoms with Crippen molar-refractivity contribution >= 4 is 34.1 Å². The standard InChI is InChI=1S/C22H20N6OS2/c1-14(20(29)25-21-24-18(13-30-21)15-6-3-2-4-7-15)31-22-27-26-19(28(22)17-9-10-17)16-8-5-11-23-12-16/h2-8,11-14,17H,9-10H2,1H3,(H,24,25,29). The normalized spacial score (nSPS) is 14.4. The van der Waals surface area contributed by atoms with Crippen LogP contribution in [0.3, 0.4) is 0 Å². The summed E-state index contributed by atoms with van der Waals surface area (Å²) < 4.78 is 2.14. The highest BCUT2D eigenvalue weighted by atomic mass is 32.2. The van der Waals surface area contributed by atoms with Gasteiger partial charge in [0.25, 0.3) is 0 Å². The molecule has 4 aromatic rings. The Hall–Kier alpha value is -3.04. The van der Waals surface area contributed by atoms with E-state index in [2.05, 4.69) is 30.0 Å². The number of thiazole rings is 1. The Labute approximate surface area is 188 Å². The topological polar surface area (TPSA) is 85.6 Å². The molecule has 1 N–H and O–H groups in total. The van der Waals surface area contributed by atoms with Crippen LogP contribution in [0.5, 0.6) is 0 Å². The van der Waals surface area contributed by atoms with Crippen molar-refractivity contribution in [3.8, 4) is 22.6 Å². The van der Waals surface area contributed by atoms with Crippen molar-refractivity contribution in [2.75, 3.05) is 5.32 Å². The highest BCUT2D eigenvalue weighted by Gasteiger charge is 2.31. The van der Waals surface area contributed by atoms with Crippen molar-refractivity contribution in [3.05, 3.63) is 60.2 Å². The molecule has 0 radical (unpaired) electrons. The second-order valence-electron chi connectivity index (χ2n) is 7.30. The molecule has 9 heteroatoms. The van der Waals surface area contributed by atoms with Crippen molar-refractivity contribution in [1.29, 1.82) is 0 Å². The highest BCUT2D eigenvalue weighted by Crippen LogP contribution is 2.41. The zero-order valence-corrected chi connectivity index (χ0v) is 18.4. The molecule has 1 unspecified atom stereocenters. The van der Waals surface area contributed by atoms with Crippen molar-refractivity contribution < 1.29 is 4.79 Å². The molecule has 5 rings (SSSR count). The van der Waals surface area contributed by atoms with Gasteiger partial charge in [-0.1, -0.05) is 42.1 Å². The minimum atomic E-state index is -0.340. The molecular formula is C22H20N6OS2. The molecule has 1 atom stereocenters. The summed E-state index contributed by atoms with van der Waals surface area (Å²) in [7, 11) is 0. The highest BCUT2D eigenvalue weighted by molar-refractivity contribution is 8.00. The molecule has 1 amide bonds. The molecule has 1 aliphatic carbocycles. The van der Waals surface area contributed by atoms with E-state index in [1.807, 2.05) is 54.8 Å². The Balaban J connectivity index is 1.29. The fraction of sp³-hybridized carbons (Fsp3) is 0.227. The largest absolute Gasteiger partial charge is 0.301 e. The van der Waals surface area contributed by atoms with Crippen LogP contribution < -0.4 is 5.32 Å². The van der Waals surface area contributed by atoms with E-state index < -0.39 is 0 Å². The monoisotopic (exact) mass is 448 g/mol. The Morgan fingerprint density at radius 2 is 1.97 bits per heavy atom. The lowest BCUT2D eigenvalue weighted by molar-refractivity contribution is -0.115. The number of hydrogen-bond acceptors (Lipinski definition) is 7. The molecule has 7 nitrogen and oxygen atoms in total. The summed E-state index contributed by atoms with van der Waals surface area (Å²) in [4.78, 5) is 21.5. The Morgan fingerprint density at radius 3 is 2.71 bits per heavy atom. The van der Waals surface area contributed by atoms with Gasteiger partial charge < -0.3 is 5.32 Å². The molecule has 3 heterocycles. The molecule has 0 aliphatic heterocycles. The number of rotatable bonds is 7. The van der Waals surface area contributed by atoms with E-state index in [9.17, 15) is 4.79 Å². The van der Waals surface area contributed by atoms with Gasteiger partial charge in [0.1, 0.15) is 0 Å². The minimum absolute atomic E-state index is 0.104. The van der Waals surface area contributed by atoms with Gasteiger partial charge in [0.2, 0.25) is 5.91 Å². The molecule has 0 saturated heterocycles. The Kier molecular flexibility index (Phi) is 5.52. The van der Waals surface area contributed by atoms with Gasteiger partial charge >= 0.3 is 0 Å². The van der Waals surface area contributed by atoms with Gasteiger partial charge in [0, 0.05) is 34.9 Å². The number of nitrogens with zero attached hydrogens (tertiary/aromatic N) is 5. The second kappa shape index (κ2) is 8.60. The molecule has 1 fully saturated rings. The van der Waals surface area contributed by atoms with E-state index in [1.54, 1.807) is 12.4 Å². The number of pyridine rings is 1. The molecule has 156 valence electrons. The third-order valence-corrected chi connectivity index (χ3v) is 6.77. The van der Waals surface area contributed by atoms with Crippen LogP contribution >= 0.6 is 23.1 Å². The third kappa shape index (κ3) is 4.38. The summed E-state index contributed by atoms with van der Waals surface area (Å²) in [6.07, 6.45) is 5.73. The number of carbonyl (C=O) groups is 1. The second-order valence-corrected chi connectivity index (χ2v) is 9.47. The number of amides is 1. The van der Waals surface area contributed by atoms with Crippen LogP contribution in [-0.4, -0.2) is 35.9 Å². The number of aromatic nitrogens is 5. The van der Waals surface area contributed by atoms with E-state index in [-0.39, 0.29) is 11.2 Å². The maximum absolute atomic E-state index is 12.8. The molecule has 1 aromatic carbocycles. The number of anilines is 1.